The van der Waals surface area contributed by atoms with E-state index in [2.05, 4.69) is 24.3 Å². The van der Waals surface area contributed by atoms with E-state index in [-0.39, 0.29) is 18.0 Å². The fourth-order valence-corrected chi connectivity index (χ4v) is 2.10. The Morgan fingerprint density at radius 3 is 2.10 bits per heavy atom. The van der Waals surface area contributed by atoms with Gasteiger partial charge in [-0.3, -0.25) is 4.79 Å². The molecule has 2 nitrogen and oxygen atoms in total. The van der Waals surface area contributed by atoms with Crippen LogP contribution in [0.1, 0.15) is 38.9 Å². The average Bonchev–Trinajstić information content (AvgIpc) is 2.55. The normalized spacial score (nSPS) is 13.5. The zero-order chi connectivity index (χ0) is 15.2. The summed E-state index contributed by atoms with van der Waals surface area (Å²) in [5.74, 6) is -0.173. The number of esters is 1. The van der Waals surface area contributed by atoms with Crippen LogP contribution in [-0.2, 0) is 9.53 Å². The number of hydrogen-bond donors (Lipinski definition) is 0. The summed E-state index contributed by atoms with van der Waals surface area (Å²) in [6.07, 6.45) is 0.592. The van der Waals surface area contributed by atoms with E-state index in [1.807, 2.05) is 51.1 Å². The SMILES string of the molecule is CCC(C)C(=O)OC(C)c1ccc(-c2ccccc2)cc1. The fourth-order valence-electron chi connectivity index (χ4n) is 2.10. The van der Waals surface area contributed by atoms with Crippen molar-refractivity contribution in [1.82, 2.24) is 0 Å². The van der Waals surface area contributed by atoms with Crippen LogP contribution in [0.2, 0.25) is 0 Å². The van der Waals surface area contributed by atoms with Crippen LogP contribution in [0.25, 0.3) is 11.1 Å². The molecule has 110 valence electrons. The second-order valence-electron chi connectivity index (χ2n) is 5.38. The van der Waals surface area contributed by atoms with Crippen LogP contribution >= 0.6 is 0 Å². The number of carbonyl (C=O) groups is 1. The van der Waals surface area contributed by atoms with Gasteiger partial charge in [-0.05, 0) is 30.0 Å². The lowest BCUT2D eigenvalue weighted by Crippen LogP contribution is -2.16. The minimum Gasteiger partial charge on any atom is -0.458 e. The second kappa shape index (κ2) is 7.07. The molecule has 0 saturated heterocycles. The fraction of sp³-hybridized carbons (Fsp3) is 0.316. The van der Waals surface area contributed by atoms with E-state index >= 15 is 0 Å². The first-order valence-corrected chi connectivity index (χ1v) is 7.47. The number of benzene rings is 2. The predicted octanol–water partition coefficient (Wildman–Crippen LogP) is 5.00. The molecule has 2 rings (SSSR count). The Kier molecular flexibility index (Phi) is 5.15. The molecule has 2 unspecified atom stereocenters. The highest BCUT2D eigenvalue weighted by Crippen LogP contribution is 2.24. The van der Waals surface area contributed by atoms with Crippen molar-refractivity contribution in [3.8, 4) is 11.1 Å². The zero-order valence-corrected chi connectivity index (χ0v) is 12.9. The maximum absolute atomic E-state index is 11.8. The topological polar surface area (TPSA) is 26.3 Å². The molecule has 0 saturated carbocycles. The van der Waals surface area contributed by atoms with Crippen LogP contribution in [0, 0.1) is 5.92 Å². The molecule has 0 aliphatic rings. The summed E-state index contributed by atoms with van der Waals surface area (Å²) in [5.41, 5.74) is 3.37. The molecule has 0 spiro atoms. The predicted molar refractivity (Wildman–Crippen MR) is 85.8 cm³/mol. The first kappa shape index (κ1) is 15.3. The molecule has 2 aromatic carbocycles. The molecule has 2 aromatic rings. The van der Waals surface area contributed by atoms with E-state index in [4.69, 9.17) is 4.74 Å². The molecule has 21 heavy (non-hydrogen) atoms. The van der Waals surface area contributed by atoms with Gasteiger partial charge in [0.1, 0.15) is 6.10 Å². The highest BCUT2D eigenvalue weighted by atomic mass is 16.5. The maximum atomic E-state index is 11.8. The number of rotatable bonds is 5. The molecule has 0 fully saturated rings. The van der Waals surface area contributed by atoms with Gasteiger partial charge in [-0.2, -0.15) is 0 Å². The Balaban J connectivity index is 2.07. The third-order valence-electron chi connectivity index (χ3n) is 3.79. The van der Waals surface area contributed by atoms with Crippen LogP contribution in [0.5, 0.6) is 0 Å². The van der Waals surface area contributed by atoms with Gasteiger partial charge in [0.05, 0.1) is 5.92 Å². The van der Waals surface area contributed by atoms with Crippen molar-refractivity contribution < 1.29 is 9.53 Å². The molecule has 0 amide bonds. The van der Waals surface area contributed by atoms with E-state index in [0.29, 0.717) is 0 Å². The molecule has 0 bridgehead atoms. The molecule has 2 heteroatoms. The summed E-state index contributed by atoms with van der Waals surface area (Å²) < 4.78 is 5.50. The highest BCUT2D eigenvalue weighted by Gasteiger charge is 2.16. The van der Waals surface area contributed by atoms with Gasteiger partial charge in [0.2, 0.25) is 0 Å². The van der Waals surface area contributed by atoms with Crippen molar-refractivity contribution in [1.29, 1.82) is 0 Å². The standard InChI is InChI=1S/C19H22O2/c1-4-14(2)19(20)21-15(3)16-10-12-18(13-11-16)17-8-6-5-7-9-17/h5-15H,4H2,1-3H3. The van der Waals surface area contributed by atoms with Crippen molar-refractivity contribution in [2.45, 2.75) is 33.3 Å². The summed E-state index contributed by atoms with van der Waals surface area (Å²) in [7, 11) is 0. The minimum atomic E-state index is -0.212. The molecule has 0 aliphatic heterocycles. The van der Waals surface area contributed by atoms with Crippen LogP contribution < -0.4 is 0 Å². The van der Waals surface area contributed by atoms with Crippen molar-refractivity contribution in [3.05, 3.63) is 60.2 Å². The van der Waals surface area contributed by atoms with E-state index in [1.165, 1.54) is 11.1 Å². The van der Waals surface area contributed by atoms with Gasteiger partial charge in [0.25, 0.3) is 0 Å². The van der Waals surface area contributed by atoms with E-state index in [9.17, 15) is 4.79 Å². The second-order valence-corrected chi connectivity index (χ2v) is 5.38. The van der Waals surface area contributed by atoms with Crippen LogP contribution in [0.4, 0.5) is 0 Å². The third-order valence-corrected chi connectivity index (χ3v) is 3.79. The summed E-state index contributed by atoms with van der Waals surface area (Å²) in [5, 5.41) is 0. The molecule has 2 atom stereocenters. The Morgan fingerprint density at radius 2 is 1.52 bits per heavy atom. The number of ether oxygens (including phenoxy) is 1. The Morgan fingerprint density at radius 1 is 0.952 bits per heavy atom. The molecule has 0 aromatic heterocycles. The van der Waals surface area contributed by atoms with Crippen LogP contribution in [0.3, 0.4) is 0 Å². The number of hydrogen-bond acceptors (Lipinski definition) is 2. The van der Waals surface area contributed by atoms with Gasteiger partial charge in [-0.15, -0.1) is 0 Å². The van der Waals surface area contributed by atoms with Crippen molar-refractivity contribution in [2.24, 2.45) is 5.92 Å². The minimum absolute atomic E-state index is 0.0453. The summed E-state index contributed by atoms with van der Waals surface area (Å²) in [4.78, 5) is 11.8. The van der Waals surface area contributed by atoms with Gasteiger partial charge >= 0.3 is 5.97 Å². The van der Waals surface area contributed by atoms with E-state index in [0.717, 1.165) is 12.0 Å². The molecule has 0 N–H and O–H groups in total. The van der Waals surface area contributed by atoms with Crippen molar-refractivity contribution >= 4 is 5.97 Å². The van der Waals surface area contributed by atoms with Crippen molar-refractivity contribution in [2.75, 3.05) is 0 Å². The van der Waals surface area contributed by atoms with Gasteiger partial charge in [-0.1, -0.05) is 68.4 Å². The van der Waals surface area contributed by atoms with Crippen molar-refractivity contribution in [3.63, 3.8) is 0 Å². The lowest BCUT2D eigenvalue weighted by molar-refractivity contribution is -0.153. The Labute approximate surface area is 126 Å². The van der Waals surface area contributed by atoms with E-state index in [1.54, 1.807) is 0 Å². The lowest BCUT2D eigenvalue weighted by atomic mass is 10.0. The Hall–Kier alpha value is -2.09. The van der Waals surface area contributed by atoms with Crippen LogP contribution in [0.15, 0.2) is 54.6 Å². The molecule has 0 heterocycles. The molecule has 0 aliphatic carbocycles. The monoisotopic (exact) mass is 282 g/mol. The largest absolute Gasteiger partial charge is 0.458 e. The summed E-state index contributed by atoms with van der Waals surface area (Å²) >= 11 is 0. The molecular formula is C19H22O2. The first-order valence-electron chi connectivity index (χ1n) is 7.47. The quantitative estimate of drug-likeness (QED) is 0.721. The lowest BCUT2D eigenvalue weighted by Gasteiger charge is -2.16. The average molecular weight is 282 g/mol. The smallest absolute Gasteiger partial charge is 0.309 e. The summed E-state index contributed by atoms with van der Waals surface area (Å²) in [6.45, 7) is 5.80. The zero-order valence-electron chi connectivity index (χ0n) is 12.9. The van der Waals surface area contributed by atoms with E-state index < -0.39 is 0 Å². The summed E-state index contributed by atoms with van der Waals surface area (Å²) in [6, 6.07) is 18.4. The first-order chi connectivity index (χ1) is 10.1. The van der Waals surface area contributed by atoms with Crippen LogP contribution in [-0.4, -0.2) is 5.97 Å². The highest BCUT2D eigenvalue weighted by molar-refractivity contribution is 5.72. The van der Waals surface area contributed by atoms with Gasteiger partial charge < -0.3 is 4.74 Å². The van der Waals surface area contributed by atoms with Gasteiger partial charge in [0.15, 0.2) is 0 Å². The Bertz CT molecular complexity index is 572. The molecule has 0 radical (unpaired) electrons. The van der Waals surface area contributed by atoms with Gasteiger partial charge in [-0.25, -0.2) is 0 Å². The van der Waals surface area contributed by atoms with Gasteiger partial charge in [0, 0.05) is 0 Å². The maximum Gasteiger partial charge on any atom is 0.309 e. The molecular weight excluding hydrogens is 260 g/mol. The number of carbonyl (C=O) groups excluding carboxylic acids is 1. The third kappa shape index (κ3) is 3.94.